The zero-order valence-corrected chi connectivity index (χ0v) is 10.6. The van der Waals surface area contributed by atoms with Gasteiger partial charge in [-0.1, -0.05) is 19.1 Å². The van der Waals surface area contributed by atoms with Crippen molar-refractivity contribution in [3.8, 4) is 0 Å². The maximum atomic E-state index is 10.7. The van der Waals surface area contributed by atoms with Gasteiger partial charge in [0.15, 0.2) is 0 Å². The molecular weight excluding hydrogens is 226 g/mol. The molecule has 0 aliphatic carbocycles. The van der Waals surface area contributed by atoms with Gasteiger partial charge < -0.3 is 5.11 Å². The fourth-order valence-corrected chi connectivity index (χ4v) is 1.84. The molecular formula is C14H17N3O. The Morgan fingerprint density at radius 2 is 1.94 bits per heavy atom. The number of aromatic nitrogens is 2. The first-order valence-corrected chi connectivity index (χ1v) is 6.00. The first-order chi connectivity index (χ1) is 8.70. The van der Waals surface area contributed by atoms with Crippen molar-refractivity contribution in [2.75, 3.05) is 7.05 Å². The molecule has 0 radical (unpaired) electrons. The van der Waals surface area contributed by atoms with Crippen LogP contribution in [0.4, 0.5) is 0 Å². The van der Waals surface area contributed by atoms with Gasteiger partial charge in [0.1, 0.15) is 0 Å². The van der Waals surface area contributed by atoms with E-state index in [-0.39, 0.29) is 0 Å². The Morgan fingerprint density at radius 1 is 1.17 bits per heavy atom. The highest BCUT2D eigenvalue weighted by Gasteiger charge is 2.32. The van der Waals surface area contributed by atoms with E-state index in [1.807, 2.05) is 31.2 Å². The zero-order valence-electron chi connectivity index (χ0n) is 10.6. The molecule has 0 aliphatic rings. The van der Waals surface area contributed by atoms with E-state index in [9.17, 15) is 5.11 Å². The van der Waals surface area contributed by atoms with Crippen LogP contribution in [0.3, 0.4) is 0 Å². The molecule has 2 rings (SSSR count). The van der Waals surface area contributed by atoms with Crippen molar-refractivity contribution in [1.29, 1.82) is 0 Å². The molecule has 0 aliphatic heterocycles. The van der Waals surface area contributed by atoms with Crippen LogP contribution in [0.15, 0.2) is 42.6 Å². The van der Waals surface area contributed by atoms with Crippen LogP contribution in [-0.2, 0) is 12.1 Å². The van der Waals surface area contributed by atoms with Gasteiger partial charge in [0, 0.05) is 11.9 Å². The molecule has 0 saturated carbocycles. The Hall–Kier alpha value is -1.78. The number of nitrogens with zero attached hydrogens (tertiary/aromatic N) is 2. The lowest BCUT2D eigenvalue weighted by atomic mass is 10.0. The molecule has 2 aromatic heterocycles. The van der Waals surface area contributed by atoms with Gasteiger partial charge in [-0.2, -0.15) is 0 Å². The number of nitrogens with one attached hydrogen (secondary N) is 1. The molecule has 0 unspecified atom stereocenters. The maximum Gasteiger partial charge on any atom is 0.203 e. The molecule has 2 N–H and O–H groups in total. The van der Waals surface area contributed by atoms with Gasteiger partial charge in [-0.25, -0.2) is 0 Å². The normalized spacial score (nSPS) is 14.2. The Kier molecular flexibility index (Phi) is 3.69. The number of hydrogen-bond donors (Lipinski definition) is 2. The summed E-state index contributed by atoms with van der Waals surface area (Å²) in [5, 5.41) is 13.6. The summed E-state index contributed by atoms with van der Waals surface area (Å²) in [6, 6.07) is 11.1. The first kappa shape index (κ1) is 12.7. The molecule has 0 spiro atoms. The van der Waals surface area contributed by atoms with Crippen molar-refractivity contribution in [1.82, 2.24) is 15.3 Å². The second-order valence-electron chi connectivity index (χ2n) is 4.04. The summed E-state index contributed by atoms with van der Waals surface area (Å²) in [6.45, 7) is 2.03. The summed E-state index contributed by atoms with van der Waals surface area (Å²) in [7, 11) is 1.69. The summed E-state index contributed by atoms with van der Waals surface area (Å²) in [6.07, 6.45) is 2.48. The zero-order chi connectivity index (χ0) is 13.0. The standard InChI is InChI=1S/C14H17N3O/c1-3-11-7-6-9-13(17-11)14(18,15-2)12-8-4-5-10-16-12/h4-10,15,18H,3H2,1-2H3/t14-/m0/s1. The first-order valence-electron chi connectivity index (χ1n) is 6.00. The second-order valence-corrected chi connectivity index (χ2v) is 4.04. The van der Waals surface area contributed by atoms with Crippen LogP contribution in [0.2, 0.25) is 0 Å². The highest BCUT2D eigenvalue weighted by molar-refractivity contribution is 5.27. The van der Waals surface area contributed by atoms with Crippen LogP contribution in [0.5, 0.6) is 0 Å². The third-order valence-corrected chi connectivity index (χ3v) is 2.94. The van der Waals surface area contributed by atoms with Gasteiger partial charge in [-0.05, 0) is 37.7 Å². The van der Waals surface area contributed by atoms with Gasteiger partial charge >= 0.3 is 0 Å². The van der Waals surface area contributed by atoms with Crippen LogP contribution >= 0.6 is 0 Å². The number of rotatable bonds is 4. The van der Waals surface area contributed by atoms with Crippen LogP contribution in [-0.4, -0.2) is 22.1 Å². The predicted molar refractivity (Wildman–Crippen MR) is 69.9 cm³/mol. The highest BCUT2D eigenvalue weighted by Crippen LogP contribution is 2.23. The Bertz CT molecular complexity index is 515. The summed E-state index contributed by atoms with van der Waals surface area (Å²) >= 11 is 0. The molecule has 1 atom stereocenters. The fourth-order valence-electron chi connectivity index (χ4n) is 1.84. The summed E-state index contributed by atoms with van der Waals surface area (Å²) in [5.74, 6) is 0. The fraction of sp³-hybridized carbons (Fsp3) is 0.286. The van der Waals surface area contributed by atoms with E-state index in [1.54, 1.807) is 25.4 Å². The summed E-state index contributed by atoms with van der Waals surface area (Å²) in [4.78, 5) is 8.66. The van der Waals surface area contributed by atoms with Crippen LogP contribution < -0.4 is 5.32 Å². The van der Waals surface area contributed by atoms with Gasteiger partial charge in [0.2, 0.25) is 5.72 Å². The van der Waals surface area contributed by atoms with Crippen molar-refractivity contribution in [2.45, 2.75) is 19.1 Å². The van der Waals surface area contributed by atoms with Crippen LogP contribution in [0, 0.1) is 0 Å². The molecule has 0 saturated heterocycles. The molecule has 2 aromatic rings. The molecule has 0 aromatic carbocycles. The third-order valence-electron chi connectivity index (χ3n) is 2.94. The lowest BCUT2D eigenvalue weighted by Crippen LogP contribution is -2.42. The van der Waals surface area contributed by atoms with Gasteiger partial charge in [-0.3, -0.25) is 15.3 Å². The average Bonchev–Trinajstić information content (AvgIpc) is 2.47. The lowest BCUT2D eigenvalue weighted by molar-refractivity contribution is 0.0425. The van der Waals surface area contributed by atoms with Crippen molar-refractivity contribution >= 4 is 0 Å². The molecule has 0 fully saturated rings. The molecule has 2 heterocycles. The maximum absolute atomic E-state index is 10.7. The minimum Gasteiger partial charge on any atom is -0.365 e. The number of aryl methyl sites for hydroxylation is 1. The molecule has 4 nitrogen and oxygen atoms in total. The van der Waals surface area contributed by atoms with E-state index >= 15 is 0 Å². The van der Waals surface area contributed by atoms with Crippen molar-refractivity contribution in [2.24, 2.45) is 0 Å². The van der Waals surface area contributed by atoms with Gasteiger partial charge in [0.25, 0.3) is 0 Å². The molecule has 94 valence electrons. The molecule has 0 bridgehead atoms. The molecule has 0 amide bonds. The Balaban J connectivity index is 2.49. The number of hydrogen-bond acceptors (Lipinski definition) is 4. The topological polar surface area (TPSA) is 58.0 Å². The summed E-state index contributed by atoms with van der Waals surface area (Å²) in [5.41, 5.74) is 0.681. The van der Waals surface area contributed by atoms with Crippen molar-refractivity contribution in [3.63, 3.8) is 0 Å². The van der Waals surface area contributed by atoms with Crippen LogP contribution in [0.1, 0.15) is 24.0 Å². The van der Waals surface area contributed by atoms with Gasteiger partial charge in [0.05, 0.1) is 11.4 Å². The SMILES string of the molecule is CCc1cccc([C@](O)(NC)c2ccccn2)n1. The van der Waals surface area contributed by atoms with E-state index in [0.29, 0.717) is 11.4 Å². The summed E-state index contributed by atoms with van der Waals surface area (Å²) < 4.78 is 0. The lowest BCUT2D eigenvalue weighted by Gasteiger charge is -2.26. The van der Waals surface area contributed by atoms with E-state index < -0.39 is 5.72 Å². The number of aliphatic hydroxyl groups is 1. The van der Waals surface area contributed by atoms with Gasteiger partial charge in [-0.15, -0.1) is 0 Å². The smallest absolute Gasteiger partial charge is 0.203 e. The Labute approximate surface area is 107 Å². The monoisotopic (exact) mass is 243 g/mol. The molecule has 18 heavy (non-hydrogen) atoms. The highest BCUT2D eigenvalue weighted by atomic mass is 16.3. The third kappa shape index (κ3) is 2.25. The van der Waals surface area contributed by atoms with Crippen LogP contribution in [0.25, 0.3) is 0 Å². The van der Waals surface area contributed by atoms with E-state index in [1.165, 1.54) is 0 Å². The van der Waals surface area contributed by atoms with E-state index in [4.69, 9.17) is 0 Å². The predicted octanol–water partition coefficient (Wildman–Crippen LogP) is 1.45. The largest absolute Gasteiger partial charge is 0.365 e. The van der Waals surface area contributed by atoms with E-state index in [2.05, 4.69) is 15.3 Å². The van der Waals surface area contributed by atoms with E-state index in [0.717, 1.165) is 12.1 Å². The van der Waals surface area contributed by atoms with Crippen molar-refractivity contribution in [3.05, 3.63) is 59.7 Å². The minimum absolute atomic E-state index is 0.535. The second kappa shape index (κ2) is 5.25. The molecule has 4 heteroatoms. The van der Waals surface area contributed by atoms with Crippen molar-refractivity contribution < 1.29 is 5.11 Å². The Morgan fingerprint density at radius 3 is 2.56 bits per heavy atom. The minimum atomic E-state index is -1.35. The average molecular weight is 243 g/mol. The quantitative estimate of drug-likeness (QED) is 0.798. The number of pyridine rings is 2.